The molecule has 0 saturated carbocycles. The number of methoxy groups -OCH3 is 1. The minimum absolute atomic E-state index is 0.0113. The lowest BCUT2D eigenvalue weighted by atomic mass is 9.96. The summed E-state index contributed by atoms with van der Waals surface area (Å²) < 4.78 is 10.4. The second kappa shape index (κ2) is 17.8. The van der Waals surface area contributed by atoms with Crippen LogP contribution in [0.3, 0.4) is 0 Å². The first-order valence-electron chi connectivity index (χ1n) is 20.3. The van der Waals surface area contributed by atoms with Gasteiger partial charge in [0.15, 0.2) is 5.43 Å². The summed E-state index contributed by atoms with van der Waals surface area (Å²) in [6.45, 7) is 3.84. The van der Waals surface area contributed by atoms with Crippen LogP contribution in [0.25, 0.3) is 66.8 Å². The number of pyridine rings is 6. The van der Waals surface area contributed by atoms with Crippen molar-refractivity contribution in [1.82, 2.24) is 29.9 Å². The maximum Gasteiger partial charge on any atom is 0.355 e. The Hall–Kier alpha value is -7.80. The summed E-state index contributed by atoms with van der Waals surface area (Å²) in [6, 6.07) is 36.8. The van der Waals surface area contributed by atoms with E-state index in [1.165, 1.54) is 19.4 Å². The molecule has 6 heterocycles. The summed E-state index contributed by atoms with van der Waals surface area (Å²) in [5, 5.41) is 1.00. The van der Waals surface area contributed by atoms with Crippen LogP contribution in [0.4, 0.5) is 0 Å². The van der Waals surface area contributed by atoms with Crippen LogP contribution in [-0.4, -0.2) is 49.0 Å². The Morgan fingerprint density at radius 1 is 0.631 bits per heavy atom. The lowest BCUT2D eigenvalue weighted by Gasteiger charge is -2.14. The molecule has 14 heteroatoms. The Kier molecular flexibility index (Phi) is 11.6. The third-order valence-corrected chi connectivity index (χ3v) is 11.2. The largest absolute Gasteiger partial charge is 0.465 e. The van der Waals surface area contributed by atoms with Crippen LogP contribution >= 0.6 is 23.2 Å². The molecule has 9 rings (SSSR count). The van der Waals surface area contributed by atoms with Gasteiger partial charge in [-0.3, -0.25) is 9.59 Å². The number of aromatic nitrogens is 6. The third kappa shape index (κ3) is 8.90. The van der Waals surface area contributed by atoms with Crippen molar-refractivity contribution < 1.29 is 19.1 Å². The van der Waals surface area contributed by atoms with Gasteiger partial charge in [-0.25, -0.2) is 29.5 Å². The number of aryl methyl sites for hydroxylation is 2. The molecule has 3 aromatic carbocycles. The maximum atomic E-state index is 13.7. The minimum atomic E-state index is -0.761. The number of nitrogens with zero attached hydrogens (tertiary/aromatic N) is 4. The highest BCUT2D eigenvalue weighted by Gasteiger charge is 2.21. The van der Waals surface area contributed by atoms with E-state index in [-0.39, 0.29) is 50.2 Å². The van der Waals surface area contributed by atoms with Crippen LogP contribution in [-0.2, 0) is 22.5 Å². The van der Waals surface area contributed by atoms with Crippen molar-refractivity contribution in [3.8, 4) is 44.8 Å². The third-order valence-electron chi connectivity index (χ3n) is 10.8. The van der Waals surface area contributed by atoms with E-state index in [4.69, 9.17) is 42.6 Å². The summed E-state index contributed by atoms with van der Waals surface area (Å²) in [6.07, 6.45) is 1.69. The SMILES string of the molecule is COC(=O)c1c[nH]c2nc(-c3ccc(Cc4cc(-c5cc6c(=O)cc(C(=O)OCc7ccc(C)cc7)[nH]c6nc5-c5ccccc5)cc(Cl)n4)cc3)c(-c3cc(C)nc(Cl)c3)cc2c1=O. The molecule has 0 bridgehead atoms. The van der Waals surface area contributed by atoms with Gasteiger partial charge in [0.25, 0.3) is 0 Å². The van der Waals surface area contributed by atoms with Crippen LogP contribution in [0.5, 0.6) is 0 Å². The van der Waals surface area contributed by atoms with Crippen LogP contribution in [0.15, 0.2) is 137 Å². The number of H-pyrrole nitrogens is 2. The molecule has 9 aromatic rings. The van der Waals surface area contributed by atoms with E-state index < -0.39 is 22.8 Å². The average molecular weight is 900 g/mol. The van der Waals surface area contributed by atoms with Gasteiger partial charge in [-0.15, -0.1) is 0 Å². The van der Waals surface area contributed by atoms with Crippen LogP contribution < -0.4 is 10.9 Å². The predicted octanol–water partition coefficient (Wildman–Crippen LogP) is 10.3. The molecule has 0 saturated heterocycles. The first kappa shape index (κ1) is 42.5. The zero-order valence-corrected chi connectivity index (χ0v) is 36.5. The number of nitrogens with one attached hydrogen (secondary N) is 2. The molecule has 65 heavy (non-hydrogen) atoms. The van der Waals surface area contributed by atoms with Gasteiger partial charge in [-0.05, 0) is 72.5 Å². The fourth-order valence-electron chi connectivity index (χ4n) is 7.65. The molecule has 12 nitrogen and oxygen atoms in total. The molecule has 0 aliphatic heterocycles. The highest BCUT2D eigenvalue weighted by molar-refractivity contribution is 6.30. The molecule has 0 aliphatic rings. The predicted molar refractivity (Wildman–Crippen MR) is 251 cm³/mol. The van der Waals surface area contributed by atoms with E-state index in [0.717, 1.165) is 27.8 Å². The van der Waals surface area contributed by atoms with Crippen molar-refractivity contribution in [3.63, 3.8) is 0 Å². The van der Waals surface area contributed by atoms with Crippen molar-refractivity contribution in [2.75, 3.05) is 7.11 Å². The summed E-state index contributed by atoms with van der Waals surface area (Å²) in [5.74, 6) is -1.44. The Labute approximate surface area is 380 Å². The topological polar surface area (TPSA) is 170 Å². The first-order chi connectivity index (χ1) is 31.4. The molecular weight excluding hydrogens is 864 g/mol. The summed E-state index contributed by atoms with van der Waals surface area (Å²) in [7, 11) is 1.21. The molecule has 0 spiro atoms. The zero-order valence-electron chi connectivity index (χ0n) is 35.0. The molecule has 0 fully saturated rings. The van der Waals surface area contributed by atoms with E-state index in [1.807, 2.05) is 105 Å². The molecule has 0 aliphatic carbocycles. The number of halogens is 2. The van der Waals surface area contributed by atoms with Crippen molar-refractivity contribution >= 4 is 57.2 Å². The smallest absolute Gasteiger partial charge is 0.355 e. The number of benzene rings is 3. The van der Waals surface area contributed by atoms with Crippen molar-refractivity contribution in [2.24, 2.45) is 0 Å². The summed E-state index contributed by atoms with van der Waals surface area (Å²) in [4.78, 5) is 77.5. The number of carbonyl (C=O) groups is 2. The number of ether oxygens (including phenoxy) is 2. The van der Waals surface area contributed by atoms with Gasteiger partial charge in [-0.1, -0.05) is 108 Å². The summed E-state index contributed by atoms with van der Waals surface area (Å²) >= 11 is 13.1. The van der Waals surface area contributed by atoms with Gasteiger partial charge in [0.05, 0.1) is 29.3 Å². The van der Waals surface area contributed by atoms with Gasteiger partial charge in [0, 0.05) is 52.3 Å². The van der Waals surface area contributed by atoms with E-state index in [9.17, 15) is 19.2 Å². The Morgan fingerprint density at radius 2 is 1.26 bits per heavy atom. The summed E-state index contributed by atoms with van der Waals surface area (Å²) in [5.41, 5.74) is 8.86. The number of carbonyl (C=O) groups excluding carboxylic acids is 2. The first-order valence-corrected chi connectivity index (χ1v) is 21.1. The molecule has 0 unspecified atom stereocenters. The minimum Gasteiger partial charge on any atom is -0.465 e. The second-order valence-corrected chi connectivity index (χ2v) is 16.2. The zero-order chi connectivity index (χ0) is 45.4. The van der Waals surface area contributed by atoms with Crippen LogP contribution in [0.1, 0.15) is 48.9 Å². The molecule has 320 valence electrons. The number of hydrogen-bond acceptors (Lipinski definition) is 10. The quantitative estimate of drug-likeness (QED) is 0.0995. The van der Waals surface area contributed by atoms with Crippen LogP contribution in [0, 0.1) is 13.8 Å². The van der Waals surface area contributed by atoms with Gasteiger partial charge in [-0.2, -0.15) is 0 Å². The molecule has 2 N–H and O–H groups in total. The Morgan fingerprint density at radius 3 is 1.95 bits per heavy atom. The van der Waals surface area contributed by atoms with E-state index in [2.05, 4.69) is 19.9 Å². The van der Waals surface area contributed by atoms with Gasteiger partial charge in [0.2, 0.25) is 5.43 Å². The number of aromatic amines is 2. The fraction of sp³-hybridized carbons (Fsp3) is 0.0980. The van der Waals surface area contributed by atoms with Crippen LogP contribution in [0.2, 0.25) is 10.3 Å². The fourth-order valence-corrected chi connectivity index (χ4v) is 8.12. The Balaban J connectivity index is 1.06. The van der Waals surface area contributed by atoms with E-state index >= 15 is 0 Å². The standard InChI is InChI=1S/C51H36Cl2N6O6/c1-27-9-11-30(12-10-27)26-65-51(63)41-24-42(60)38-22-36(45(59-49(38)57-41)31-7-5-4-6-8-31)34-19-35(56-44(53)21-34)18-29-13-15-32(16-14-29)46-37(33-17-28(2)55-43(52)20-33)23-39-47(61)40(50(62)64-3)25-54-48(39)58-46/h4-17,19-25H,18,26H2,1-3H3,(H,54,58,61)(H,57,59,60). The normalized spacial score (nSPS) is 11.2. The molecule has 0 atom stereocenters. The molecular formula is C51H36Cl2N6O6. The van der Waals surface area contributed by atoms with Crippen molar-refractivity contribution in [3.05, 3.63) is 198 Å². The number of fused-ring (bicyclic) bond motifs is 2. The van der Waals surface area contributed by atoms with E-state index in [0.29, 0.717) is 51.5 Å². The molecule has 0 radical (unpaired) electrons. The van der Waals surface area contributed by atoms with Gasteiger partial charge >= 0.3 is 11.9 Å². The Bertz CT molecular complexity index is 3450. The highest BCUT2D eigenvalue weighted by atomic mass is 35.5. The molecule has 0 amide bonds. The number of esters is 2. The second-order valence-electron chi connectivity index (χ2n) is 15.4. The molecule has 6 aromatic heterocycles. The van der Waals surface area contributed by atoms with Gasteiger partial charge in [0.1, 0.15) is 39.5 Å². The monoisotopic (exact) mass is 898 g/mol. The average Bonchev–Trinajstić information content (AvgIpc) is 3.30. The van der Waals surface area contributed by atoms with Crippen molar-refractivity contribution in [2.45, 2.75) is 26.9 Å². The lowest BCUT2D eigenvalue weighted by Crippen LogP contribution is -2.17. The number of hydrogen-bond donors (Lipinski definition) is 2. The number of rotatable bonds is 10. The maximum absolute atomic E-state index is 13.7. The van der Waals surface area contributed by atoms with Crippen molar-refractivity contribution in [1.29, 1.82) is 0 Å². The lowest BCUT2D eigenvalue weighted by molar-refractivity contribution is 0.0465. The van der Waals surface area contributed by atoms with E-state index in [1.54, 1.807) is 24.3 Å². The highest BCUT2D eigenvalue weighted by Crippen LogP contribution is 2.36. The van der Waals surface area contributed by atoms with Gasteiger partial charge < -0.3 is 19.4 Å².